The highest BCUT2D eigenvalue weighted by atomic mass is 16.2. The molecule has 0 spiro atoms. The molecular weight excluding hydrogens is 438 g/mol. The van der Waals surface area contributed by atoms with Crippen molar-refractivity contribution in [1.29, 1.82) is 0 Å². The third kappa shape index (κ3) is 3.91. The van der Waals surface area contributed by atoms with Crippen LogP contribution in [-0.4, -0.2) is 25.1 Å². The Morgan fingerprint density at radius 1 is 0.886 bits per heavy atom. The number of anilines is 1. The summed E-state index contributed by atoms with van der Waals surface area (Å²) in [6.45, 7) is 0. The van der Waals surface area contributed by atoms with E-state index in [0.29, 0.717) is 11.5 Å². The average Bonchev–Trinajstić information content (AvgIpc) is 3.33. The lowest BCUT2D eigenvalue weighted by molar-refractivity contribution is 0.102. The van der Waals surface area contributed by atoms with Crippen molar-refractivity contribution in [3.8, 4) is 16.9 Å². The monoisotopic (exact) mass is 461 g/mol. The minimum atomic E-state index is -0.533. The van der Waals surface area contributed by atoms with Gasteiger partial charge in [-0.05, 0) is 67.1 Å². The SMILES string of the molecule is O=C(Nc1cc(-c2ccc3c(c2)CCCC3)nn1-c1ccccc1)c1cnc2ccccn2c1=O. The van der Waals surface area contributed by atoms with E-state index < -0.39 is 11.5 Å². The zero-order chi connectivity index (χ0) is 23.8. The predicted octanol–water partition coefficient (Wildman–Crippen LogP) is 4.68. The molecule has 2 aromatic carbocycles. The third-order valence-electron chi connectivity index (χ3n) is 6.45. The van der Waals surface area contributed by atoms with Gasteiger partial charge in [-0.3, -0.25) is 14.0 Å². The standard InChI is InChI=1S/C28H23N5O2/c34-27(23-18-29-25-12-6-7-15-32(25)28(23)35)30-26-17-24(31-33(26)22-10-2-1-3-11-22)21-14-13-19-8-4-5-9-20(19)16-21/h1-3,6-7,10-18H,4-5,8-9H2,(H,30,34). The van der Waals surface area contributed by atoms with Gasteiger partial charge >= 0.3 is 0 Å². The first-order valence-electron chi connectivity index (χ1n) is 11.7. The molecule has 1 aliphatic carbocycles. The summed E-state index contributed by atoms with van der Waals surface area (Å²) in [7, 11) is 0. The van der Waals surface area contributed by atoms with Crippen molar-refractivity contribution in [2.75, 3.05) is 5.32 Å². The molecule has 0 saturated heterocycles. The van der Waals surface area contributed by atoms with Gasteiger partial charge in [0.25, 0.3) is 11.5 Å². The van der Waals surface area contributed by atoms with E-state index in [1.807, 2.05) is 36.4 Å². The van der Waals surface area contributed by atoms with E-state index in [2.05, 4.69) is 28.5 Å². The fraction of sp³-hybridized carbons (Fsp3) is 0.143. The highest BCUT2D eigenvalue weighted by Gasteiger charge is 2.19. The number of aromatic nitrogens is 4. The molecule has 1 aliphatic rings. The van der Waals surface area contributed by atoms with Gasteiger partial charge in [0.1, 0.15) is 17.0 Å². The summed E-state index contributed by atoms with van der Waals surface area (Å²) in [6.07, 6.45) is 7.54. The van der Waals surface area contributed by atoms with E-state index in [9.17, 15) is 9.59 Å². The highest BCUT2D eigenvalue weighted by Crippen LogP contribution is 2.29. The first-order chi connectivity index (χ1) is 17.2. The van der Waals surface area contributed by atoms with E-state index in [0.717, 1.165) is 29.8 Å². The molecule has 0 atom stereocenters. The molecule has 0 bridgehead atoms. The summed E-state index contributed by atoms with van der Waals surface area (Å²) < 4.78 is 3.06. The molecule has 7 nitrogen and oxygen atoms in total. The molecule has 3 aromatic heterocycles. The largest absolute Gasteiger partial charge is 0.306 e. The summed E-state index contributed by atoms with van der Waals surface area (Å²) in [5.74, 6) is -0.0543. The average molecular weight is 462 g/mol. The first-order valence-corrected chi connectivity index (χ1v) is 11.7. The van der Waals surface area contributed by atoms with Gasteiger partial charge in [0, 0.05) is 24.0 Å². The Labute approximate surface area is 201 Å². The number of hydrogen-bond acceptors (Lipinski definition) is 4. The number of carbonyl (C=O) groups excluding carboxylic acids is 1. The fourth-order valence-electron chi connectivity index (χ4n) is 4.64. The van der Waals surface area contributed by atoms with Crippen LogP contribution in [0.25, 0.3) is 22.6 Å². The van der Waals surface area contributed by atoms with Crippen LogP contribution < -0.4 is 10.9 Å². The van der Waals surface area contributed by atoms with Gasteiger partial charge in [-0.15, -0.1) is 0 Å². The van der Waals surface area contributed by atoms with Gasteiger partial charge in [0.15, 0.2) is 0 Å². The maximum Gasteiger partial charge on any atom is 0.270 e. The summed E-state index contributed by atoms with van der Waals surface area (Å²) in [4.78, 5) is 30.4. The number of aryl methyl sites for hydroxylation is 2. The van der Waals surface area contributed by atoms with E-state index >= 15 is 0 Å². The Morgan fingerprint density at radius 2 is 1.69 bits per heavy atom. The minimum absolute atomic E-state index is 0.0372. The highest BCUT2D eigenvalue weighted by molar-refractivity contribution is 6.03. The quantitative estimate of drug-likeness (QED) is 0.421. The second-order valence-electron chi connectivity index (χ2n) is 8.71. The second-order valence-corrected chi connectivity index (χ2v) is 8.71. The molecule has 1 amide bonds. The van der Waals surface area contributed by atoms with Crippen LogP contribution in [0.2, 0.25) is 0 Å². The van der Waals surface area contributed by atoms with Crippen LogP contribution in [0.5, 0.6) is 0 Å². The van der Waals surface area contributed by atoms with Crippen molar-refractivity contribution < 1.29 is 4.79 Å². The lowest BCUT2D eigenvalue weighted by Gasteiger charge is -2.16. The predicted molar refractivity (Wildman–Crippen MR) is 135 cm³/mol. The number of fused-ring (bicyclic) bond motifs is 2. The maximum atomic E-state index is 13.2. The van der Waals surface area contributed by atoms with Crippen LogP contribution in [0.15, 0.2) is 90.0 Å². The van der Waals surface area contributed by atoms with E-state index in [1.54, 1.807) is 29.1 Å². The van der Waals surface area contributed by atoms with Gasteiger partial charge < -0.3 is 5.32 Å². The molecule has 1 N–H and O–H groups in total. The summed E-state index contributed by atoms with van der Waals surface area (Å²) in [6, 6.07) is 23.2. The van der Waals surface area contributed by atoms with Crippen molar-refractivity contribution in [3.05, 3.63) is 112 Å². The number of carbonyl (C=O) groups is 1. The molecule has 0 radical (unpaired) electrons. The molecule has 0 fully saturated rings. The van der Waals surface area contributed by atoms with Crippen molar-refractivity contribution in [2.24, 2.45) is 0 Å². The zero-order valence-electron chi connectivity index (χ0n) is 19.0. The van der Waals surface area contributed by atoms with Crippen LogP contribution in [0.1, 0.15) is 34.3 Å². The van der Waals surface area contributed by atoms with Crippen molar-refractivity contribution >= 4 is 17.4 Å². The second kappa shape index (κ2) is 8.68. The van der Waals surface area contributed by atoms with Gasteiger partial charge in [-0.25, -0.2) is 9.67 Å². The molecule has 35 heavy (non-hydrogen) atoms. The lowest BCUT2D eigenvalue weighted by Crippen LogP contribution is -2.27. The molecule has 3 heterocycles. The molecular formula is C28H23N5O2. The van der Waals surface area contributed by atoms with E-state index in [4.69, 9.17) is 5.10 Å². The molecule has 0 aliphatic heterocycles. The number of amides is 1. The normalized spacial score (nSPS) is 12.9. The van der Waals surface area contributed by atoms with Crippen LogP contribution in [0.4, 0.5) is 5.82 Å². The molecule has 0 unspecified atom stereocenters. The van der Waals surface area contributed by atoms with Crippen LogP contribution in [-0.2, 0) is 12.8 Å². The van der Waals surface area contributed by atoms with Gasteiger partial charge in [0.2, 0.25) is 0 Å². The molecule has 7 heteroatoms. The first kappa shape index (κ1) is 21.0. The molecule has 0 saturated carbocycles. The Morgan fingerprint density at radius 3 is 2.54 bits per heavy atom. The van der Waals surface area contributed by atoms with Crippen molar-refractivity contribution in [1.82, 2.24) is 19.2 Å². The number of nitrogens with zero attached hydrogens (tertiary/aromatic N) is 4. The number of benzene rings is 2. The number of nitrogens with one attached hydrogen (secondary N) is 1. The third-order valence-corrected chi connectivity index (χ3v) is 6.45. The summed E-state index contributed by atoms with van der Waals surface area (Å²) in [5, 5.41) is 7.71. The fourth-order valence-corrected chi connectivity index (χ4v) is 4.64. The molecule has 6 rings (SSSR count). The number of pyridine rings is 1. The molecule has 172 valence electrons. The Kier molecular flexibility index (Phi) is 5.22. The van der Waals surface area contributed by atoms with Crippen molar-refractivity contribution in [3.63, 3.8) is 0 Å². The summed E-state index contributed by atoms with van der Waals surface area (Å²) in [5.41, 5.74) is 5.36. The van der Waals surface area contributed by atoms with Gasteiger partial charge in [0.05, 0.1) is 11.4 Å². The van der Waals surface area contributed by atoms with Crippen molar-refractivity contribution in [2.45, 2.75) is 25.7 Å². The van der Waals surface area contributed by atoms with Gasteiger partial charge in [-0.2, -0.15) is 5.10 Å². The van der Waals surface area contributed by atoms with E-state index in [1.165, 1.54) is 34.6 Å². The number of para-hydroxylation sites is 1. The smallest absolute Gasteiger partial charge is 0.270 e. The lowest BCUT2D eigenvalue weighted by atomic mass is 9.90. The number of hydrogen-bond donors (Lipinski definition) is 1. The Hall–Kier alpha value is -4.52. The van der Waals surface area contributed by atoms with E-state index in [-0.39, 0.29) is 5.56 Å². The minimum Gasteiger partial charge on any atom is -0.306 e. The maximum absolute atomic E-state index is 13.2. The number of rotatable bonds is 4. The topological polar surface area (TPSA) is 81.3 Å². The molecule has 5 aromatic rings. The van der Waals surface area contributed by atoms with Gasteiger partial charge in [-0.1, -0.05) is 36.4 Å². The summed E-state index contributed by atoms with van der Waals surface area (Å²) >= 11 is 0. The van der Waals surface area contributed by atoms with Crippen LogP contribution >= 0.6 is 0 Å². The Balaban J connectivity index is 1.40. The van der Waals surface area contributed by atoms with Crippen LogP contribution in [0.3, 0.4) is 0 Å². The van der Waals surface area contributed by atoms with Crippen LogP contribution in [0, 0.1) is 0 Å². The Bertz CT molecular complexity index is 1620. The zero-order valence-corrected chi connectivity index (χ0v) is 19.0.